The summed E-state index contributed by atoms with van der Waals surface area (Å²) in [5.74, 6) is -1.08. The van der Waals surface area contributed by atoms with Gasteiger partial charge in [-0.25, -0.2) is 4.39 Å². The van der Waals surface area contributed by atoms with Crippen LogP contribution >= 0.6 is 0 Å². The molecule has 0 aliphatic heterocycles. The number of benzene rings is 2. The van der Waals surface area contributed by atoms with Crippen molar-refractivity contribution in [1.82, 2.24) is 20.4 Å². The quantitative estimate of drug-likeness (QED) is 0.519. The molecule has 3 aromatic rings. The lowest BCUT2D eigenvalue weighted by Gasteiger charge is -2.31. The van der Waals surface area contributed by atoms with Crippen molar-refractivity contribution in [3.63, 3.8) is 0 Å². The number of fused-ring (bicyclic) bond motifs is 1. The SMILES string of the molecule is CC(C)(C)[C@H](NC(=O)c1nn(Cc2ccc(F)cc2)c2ccccc12)C(=O)N[C@H]1CCC[C@@H]1O. The number of aromatic nitrogens is 2. The largest absolute Gasteiger partial charge is 0.391 e. The highest BCUT2D eigenvalue weighted by atomic mass is 19.1. The highest BCUT2D eigenvalue weighted by Crippen LogP contribution is 2.25. The molecule has 0 bridgehead atoms. The smallest absolute Gasteiger partial charge is 0.273 e. The number of amides is 2. The molecule has 1 heterocycles. The van der Waals surface area contributed by atoms with E-state index < -0.39 is 23.5 Å². The second-order valence-corrected chi connectivity index (χ2v) is 10.0. The molecule has 180 valence electrons. The van der Waals surface area contributed by atoms with Crippen molar-refractivity contribution in [3.05, 3.63) is 65.6 Å². The first-order valence-electron chi connectivity index (χ1n) is 11.6. The molecule has 0 spiro atoms. The van der Waals surface area contributed by atoms with Crippen LogP contribution in [0.3, 0.4) is 0 Å². The van der Waals surface area contributed by atoms with Crippen molar-refractivity contribution in [2.24, 2.45) is 5.41 Å². The van der Waals surface area contributed by atoms with Crippen LogP contribution in [0.5, 0.6) is 0 Å². The van der Waals surface area contributed by atoms with Crippen LogP contribution in [-0.2, 0) is 11.3 Å². The van der Waals surface area contributed by atoms with Crippen LogP contribution in [0.2, 0.25) is 0 Å². The summed E-state index contributed by atoms with van der Waals surface area (Å²) in [7, 11) is 0. The number of aliphatic hydroxyl groups is 1. The van der Waals surface area contributed by atoms with Crippen LogP contribution in [0.4, 0.5) is 4.39 Å². The molecule has 4 rings (SSSR count). The molecular weight excluding hydrogens is 435 g/mol. The van der Waals surface area contributed by atoms with E-state index in [1.165, 1.54) is 12.1 Å². The first-order chi connectivity index (χ1) is 16.1. The molecule has 0 radical (unpaired) electrons. The van der Waals surface area contributed by atoms with Gasteiger partial charge >= 0.3 is 0 Å². The highest BCUT2D eigenvalue weighted by molar-refractivity contribution is 6.06. The van der Waals surface area contributed by atoms with Gasteiger partial charge in [0.15, 0.2) is 5.69 Å². The lowest BCUT2D eigenvalue weighted by molar-refractivity contribution is -0.126. The summed E-state index contributed by atoms with van der Waals surface area (Å²) in [6.07, 6.45) is 1.67. The molecule has 0 saturated heterocycles. The van der Waals surface area contributed by atoms with Gasteiger partial charge in [-0.2, -0.15) is 5.10 Å². The van der Waals surface area contributed by atoms with Crippen LogP contribution in [-0.4, -0.2) is 44.9 Å². The van der Waals surface area contributed by atoms with E-state index in [-0.39, 0.29) is 23.5 Å². The van der Waals surface area contributed by atoms with Gasteiger partial charge in [-0.3, -0.25) is 14.3 Å². The number of carbonyl (C=O) groups is 2. The Balaban J connectivity index is 1.59. The van der Waals surface area contributed by atoms with Crippen molar-refractivity contribution in [2.75, 3.05) is 0 Å². The molecule has 34 heavy (non-hydrogen) atoms. The van der Waals surface area contributed by atoms with Crippen LogP contribution in [0, 0.1) is 11.2 Å². The number of aliphatic hydroxyl groups excluding tert-OH is 1. The zero-order chi connectivity index (χ0) is 24.5. The summed E-state index contributed by atoms with van der Waals surface area (Å²) in [6, 6.07) is 12.4. The molecule has 1 saturated carbocycles. The highest BCUT2D eigenvalue weighted by Gasteiger charge is 2.36. The number of hydrogen-bond acceptors (Lipinski definition) is 4. The van der Waals surface area contributed by atoms with Crippen LogP contribution in [0.25, 0.3) is 10.9 Å². The molecule has 2 aromatic carbocycles. The van der Waals surface area contributed by atoms with Crippen LogP contribution in [0.15, 0.2) is 48.5 Å². The zero-order valence-electron chi connectivity index (χ0n) is 19.7. The van der Waals surface area contributed by atoms with Gasteiger partial charge in [0.1, 0.15) is 11.9 Å². The van der Waals surface area contributed by atoms with Gasteiger partial charge in [0.25, 0.3) is 5.91 Å². The summed E-state index contributed by atoms with van der Waals surface area (Å²) >= 11 is 0. The molecular formula is C26H31FN4O3. The van der Waals surface area contributed by atoms with Crippen molar-refractivity contribution < 1.29 is 19.1 Å². The lowest BCUT2D eigenvalue weighted by Crippen LogP contribution is -2.56. The van der Waals surface area contributed by atoms with E-state index in [9.17, 15) is 19.1 Å². The van der Waals surface area contributed by atoms with E-state index >= 15 is 0 Å². The fraction of sp³-hybridized carbons (Fsp3) is 0.423. The Bertz CT molecular complexity index is 1180. The Labute approximate surface area is 198 Å². The number of carbonyl (C=O) groups excluding carboxylic acids is 2. The third-order valence-corrected chi connectivity index (χ3v) is 6.33. The first-order valence-corrected chi connectivity index (χ1v) is 11.6. The monoisotopic (exact) mass is 466 g/mol. The van der Waals surface area contributed by atoms with Crippen molar-refractivity contribution in [2.45, 2.75) is 64.8 Å². The Morgan fingerprint density at radius 3 is 2.50 bits per heavy atom. The van der Waals surface area contributed by atoms with E-state index in [2.05, 4.69) is 15.7 Å². The summed E-state index contributed by atoms with van der Waals surface area (Å²) < 4.78 is 15.0. The minimum atomic E-state index is -0.811. The minimum absolute atomic E-state index is 0.223. The maximum absolute atomic E-state index is 13.4. The molecule has 1 aliphatic rings. The Hall–Kier alpha value is -3.26. The van der Waals surface area contributed by atoms with Crippen molar-refractivity contribution >= 4 is 22.7 Å². The number of hydrogen-bond donors (Lipinski definition) is 3. The van der Waals surface area contributed by atoms with Gasteiger partial charge in [-0.1, -0.05) is 51.1 Å². The van der Waals surface area contributed by atoms with Crippen molar-refractivity contribution in [1.29, 1.82) is 0 Å². The molecule has 2 amide bonds. The van der Waals surface area contributed by atoms with E-state index in [4.69, 9.17) is 0 Å². The predicted octanol–water partition coefficient (Wildman–Crippen LogP) is 3.40. The maximum atomic E-state index is 13.4. The number of para-hydroxylation sites is 1. The second-order valence-electron chi connectivity index (χ2n) is 10.0. The third-order valence-electron chi connectivity index (χ3n) is 6.33. The minimum Gasteiger partial charge on any atom is -0.391 e. The molecule has 3 N–H and O–H groups in total. The van der Waals surface area contributed by atoms with Gasteiger partial charge in [-0.15, -0.1) is 0 Å². The van der Waals surface area contributed by atoms with Gasteiger partial charge in [0.05, 0.1) is 24.2 Å². The van der Waals surface area contributed by atoms with Gasteiger partial charge in [0.2, 0.25) is 5.91 Å². The van der Waals surface area contributed by atoms with E-state index in [0.717, 1.165) is 23.9 Å². The summed E-state index contributed by atoms with van der Waals surface area (Å²) in [5.41, 5.74) is 1.28. The maximum Gasteiger partial charge on any atom is 0.273 e. The number of nitrogens with zero attached hydrogens (tertiary/aromatic N) is 2. The normalized spacial score (nSPS) is 19.2. The fourth-order valence-corrected chi connectivity index (χ4v) is 4.43. The first kappa shape index (κ1) is 23.9. The average molecular weight is 467 g/mol. The predicted molar refractivity (Wildman–Crippen MR) is 128 cm³/mol. The van der Waals surface area contributed by atoms with Crippen LogP contribution < -0.4 is 10.6 Å². The molecule has 1 aliphatic carbocycles. The van der Waals surface area contributed by atoms with Gasteiger partial charge in [-0.05, 0) is 48.4 Å². The topological polar surface area (TPSA) is 96.2 Å². The van der Waals surface area contributed by atoms with E-state index in [1.807, 2.05) is 45.0 Å². The second kappa shape index (κ2) is 9.54. The Morgan fingerprint density at radius 2 is 1.85 bits per heavy atom. The number of halogens is 1. The van der Waals surface area contributed by atoms with E-state index in [0.29, 0.717) is 18.4 Å². The summed E-state index contributed by atoms with van der Waals surface area (Å²) in [5, 5.41) is 21.1. The molecule has 8 heteroatoms. The van der Waals surface area contributed by atoms with Crippen molar-refractivity contribution in [3.8, 4) is 0 Å². The number of rotatable bonds is 6. The molecule has 1 fully saturated rings. The number of nitrogens with one attached hydrogen (secondary N) is 2. The van der Waals surface area contributed by atoms with E-state index in [1.54, 1.807) is 16.8 Å². The molecule has 3 atom stereocenters. The fourth-order valence-electron chi connectivity index (χ4n) is 4.43. The lowest BCUT2D eigenvalue weighted by atomic mass is 9.85. The molecule has 1 aromatic heterocycles. The third kappa shape index (κ3) is 5.12. The van der Waals surface area contributed by atoms with Crippen LogP contribution in [0.1, 0.15) is 56.1 Å². The summed E-state index contributed by atoms with van der Waals surface area (Å²) in [6.45, 7) is 6.02. The average Bonchev–Trinajstić information content (AvgIpc) is 3.36. The summed E-state index contributed by atoms with van der Waals surface area (Å²) in [4.78, 5) is 26.5. The molecule has 0 unspecified atom stereocenters. The Kier molecular flexibility index (Phi) is 6.70. The zero-order valence-corrected chi connectivity index (χ0v) is 19.7. The Morgan fingerprint density at radius 1 is 1.15 bits per heavy atom. The standard InChI is InChI=1S/C26H31FN4O3/c1-26(2,3)23(25(34)28-19-8-6-10-21(19)32)29-24(33)22-18-7-4-5-9-20(18)31(30-22)15-16-11-13-17(27)14-12-16/h4-5,7,9,11-14,19,21,23,32H,6,8,10,15H2,1-3H3,(H,28,34)(H,29,33)/t19-,21-,23+/m0/s1. The molecule has 7 nitrogen and oxygen atoms in total. The van der Waals surface area contributed by atoms with Gasteiger partial charge in [0, 0.05) is 5.39 Å². The van der Waals surface area contributed by atoms with Gasteiger partial charge < -0.3 is 15.7 Å².